The highest BCUT2D eigenvalue weighted by atomic mass is 16.5. The van der Waals surface area contributed by atoms with Crippen LogP contribution in [0.3, 0.4) is 0 Å². The van der Waals surface area contributed by atoms with Gasteiger partial charge in [-0.15, -0.1) is 0 Å². The molecule has 0 bridgehead atoms. The van der Waals surface area contributed by atoms with E-state index in [0.717, 1.165) is 24.0 Å². The number of nitrogens with one attached hydrogen (secondary N) is 1. The van der Waals surface area contributed by atoms with Gasteiger partial charge in [-0.05, 0) is 61.9 Å². The van der Waals surface area contributed by atoms with E-state index >= 15 is 0 Å². The summed E-state index contributed by atoms with van der Waals surface area (Å²) in [7, 11) is 1.56. The second-order valence-electron chi connectivity index (χ2n) is 7.44. The van der Waals surface area contributed by atoms with E-state index in [2.05, 4.69) is 54.4 Å². The molecule has 32 heavy (non-hydrogen) atoms. The molecular weight excluding hydrogens is 402 g/mol. The smallest absolute Gasteiger partial charge is 0.262 e. The van der Waals surface area contributed by atoms with Crippen molar-refractivity contribution in [2.45, 2.75) is 20.8 Å². The summed E-state index contributed by atoms with van der Waals surface area (Å²) in [5.41, 5.74) is 2.68. The maximum Gasteiger partial charge on any atom is 0.262 e. The molecule has 6 heteroatoms. The average molecular weight is 432 g/mol. The van der Waals surface area contributed by atoms with Gasteiger partial charge in [-0.25, -0.2) is 0 Å². The average Bonchev–Trinajstić information content (AvgIpc) is 3.30. The largest absolute Gasteiger partial charge is 0.456 e. The van der Waals surface area contributed by atoms with E-state index in [4.69, 9.17) is 9.15 Å². The summed E-state index contributed by atoms with van der Waals surface area (Å²) in [4.78, 5) is 14.6. The lowest BCUT2D eigenvalue weighted by molar-refractivity contribution is -0.117. The molecule has 0 radical (unpaired) electrons. The number of rotatable bonds is 9. The van der Waals surface area contributed by atoms with Crippen LogP contribution in [-0.2, 0) is 9.53 Å². The number of hydrogen-bond donors (Lipinski definition) is 1. The van der Waals surface area contributed by atoms with Gasteiger partial charge >= 0.3 is 0 Å². The second-order valence-corrected chi connectivity index (χ2v) is 7.44. The first-order valence-corrected chi connectivity index (χ1v) is 10.8. The van der Waals surface area contributed by atoms with Crippen LogP contribution < -0.4 is 10.2 Å². The summed E-state index contributed by atoms with van der Waals surface area (Å²) in [6.07, 6.45) is 0. The molecule has 3 aromatic rings. The van der Waals surface area contributed by atoms with Crippen molar-refractivity contribution in [3.63, 3.8) is 0 Å². The van der Waals surface area contributed by atoms with Crippen LogP contribution in [0.4, 0.5) is 5.69 Å². The van der Waals surface area contributed by atoms with E-state index in [0.29, 0.717) is 30.2 Å². The maximum atomic E-state index is 12.3. The number of furan rings is 1. The van der Waals surface area contributed by atoms with Gasteiger partial charge in [-0.3, -0.25) is 4.79 Å². The molecule has 0 fully saturated rings. The van der Waals surface area contributed by atoms with Crippen LogP contribution >= 0.6 is 0 Å². The highest BCUT2D eigenvalue weighted by Gasteiger charge is 2.16. The molecule has 0 aliphatic heterocycles. The summed E-state index contributed by atoms with van der Waals surface area (Å²) in [6.45, 7) is 8.68. The molecule has 0 aliphatic rings. The third-order valence-electron chi connectivity index (χ3n) is 5.52. The Hall–Kier alpha value is -3.56. The predicted octanol–water partition coefficient (Wildman–Crippen LogP) is 5.01. The highest BCUT2D eigenvalue weighted by molar-refractivity contribution is 6.04. The van der Waals surface area contributed by atoms with Gasteiger partial charge in [0.2, 0.25) is 0 Å². The van der Waals surface area contributed by atoms with Crippen molar-refractivity contribution in [2.75, 3.05) is 38.3 Å². The molecule has 0 aliphatic carbocycles. The molecule has 0 atom stereocenters. The summed E-state index contributed by atoms with van der Waals surface area (Å²) in [5.74, 6) is 0.747. The summed E-state index contributed by atoms with van der Waals surface area (Å²) in [5, 5.41) is 14.4. The number of benzene rings is 2. The fraction of sp³-hybridized carbons (Fsp3) is 0.308. The van der Waals surface area contributed by atoms with Crippen LogP contribution in [0, 0.1) is 11.3 Å². The van der Waals surface area contributed by atoms with Gasteiger partial charge in [0, 0.05) is 43.6 Å². The topological polar surface area (TPSA) is 78.5 Å². The SMILES string of the molecule is CCN(CC)c1ccc2cc(-c3ccc(/C(C)=C(\C#N)C(=O)NCCOC)o3)ccc2c1. The minimum absolute atomic E-state index is 0.0319. The van der Waals surface area contributed by atoms with Gasteiger partial charge < -0.3 is 19.4 Å². The first-order valence-electron chi connectivity index (χ1n) is 10.8. The standard InChI is InChI=1S/C26H29N3O3/c1-5-29(6-2)22-10-9-19-15-21(8-7-20(19)16-22)25-12-11-24(32-25)18(3)23(17-27)26(30)28-13-14-31-4/h7-12,15-16H,5-6,13-14H2,1-4H3,(H,28,30)/b23-18+. The number of methoxy groups -OCH3 is 1. The summed E-state index contributed by atoms with van der Waals surface area (Å²) in [6, 6.07) is 18.3. The molecule has 6 nitrogen and oxygen atoms in total. The van der Waals surface area contributed by atoms with Crippen molar-refractivity contribution in [2.24, 2.45) is 0 Å². The van der Waals surface area contributed by atoms with Crippen LogP contribution in [0.15, 0.2) is 58.5 Å². The van der Waals surface area contributed by atoms with Crippen LogP contribution in [0.2, 0.25) is 0 Å². The van der Waals surface area contributed by atoms with Crippen molar-refractivity contribution in [1.29, 1.82) is 5.26 Å². The first-order chi connectivity index (χ1) is 15.5. The molecule has 2 aromatic carbocycles. The van der Waals surface area contributed by atoms with E-state index in [9.17, 15) is 10.1 Å². The Kier molecular flexibility index (Phi) is 7.69. The van der Waals surface area contributed by atoms with E-state index in [1.165, 1.54) is 11.1 Å². The van der Waals surface area contributed by atoms with E-state index in [1.807, 2.05) is 18.2 Å². The van der Waals surface area contributed by atoms with Crippen LogP contribution in [-0.4, -0.2) is 39.3 Å². The Morgan fingerprint density at radius 3 is 2.50 bits per heavy atom. The Bertz CT molecular complexity index is 1170. The lowest BCUT2D eigenvalue weighted by atomic mass is 10.0. The molecule has 1 N–H and O–H groups in total. The second kappa shape index (κ2) is 10.7. The number of amides is 1. The number of allylic oxidation sites excluding steroid dienone is 1. The minimum Gasteiger partial charge on any atom is -0.456 e. The number of anilines is 1. The predicted molar refractivity (Wildman–Crippen MR) is 128 cm³/mol. The zero-order valence-electron chi connectivity index (χ0n) is 19.1. The highest BCUT2D eigenvalue weighted by Crippen LogP contribution is 2.31. The van der Waals surface area contributed by atoms with Gasteiger partial charge in [0.25, 0.3) is 5.91 Å². The van der Waals surface area contributed by atoms with E-state index in [-0.39, 0.29) is 5.57 Å². The monoisotopic (exact) mass is 431 g/mol. The van der Waals surface area contributed by atoms with Crippen molar-refractivity contribution in [3.05, 3.63) is 59.9 Å². The van der Waals surface area contributed by atoms with E-state index in [1.54, 1.807) is 20.1 Å². The number of nitriles is 1. The van der Waals surface area contributed by atoms with E-state index < -0.39 is 5.91 Å². The lowest BCUT2D eigenvalue weighted by Gasteiger charge is -2.21. The number of fused-ring (bicyclic) bond motifs is 1. The van der Waals surface area contributed by atoms with Gasteiger partial charge in [-0.1, -0.05) is 18.2 Å². The zero-order valence-corrected chi connectivity index (χ0v) is 19.1. The molecule has 0 spiro atoms. The molecule has 1 amide bonds. The lowest BCUT2D eigenvalue weighted by Crippen LogP contribution is -2.28. The number of hydrogen-bond acceptors (Lipinski definition) is 5. The van der Waals surface area contributed by atoms with Crippen LogP contribution in [0.25, 0.3) is 27.7 Å². The molecule has 1 heterocycles. The van der Waals surface area contributed by atoms with Crippen molar-refractivity contribution in [3.8, 4) is 17.4 Å². The fourth-order valence-electron chi connectivity index (χ4n) is 3.65. The Balaban J connectivity index is 1.87. The number of nitrogens with zero attached hydrogens (tertiary/aromatic N) is 2. The number of carbonyl (C=O) groups excluding carboxylic acids is 1. The van der Waals surface area contributed by atoms with Gasteiger partial charge in [0.1, 0.15) is 23.2 Å². The first kappa shape index (κ1) is 23.1. The Labute approximate surface area is 189 Å². The van der Waals surface area contributed by atoms with Crippen molar-refractivity contribution in [1.82, 2.24) is 5.32 Å². The van der Waals surface area contributed by atoms with Crippen molar-refractivity contribution < 1.29 is 13.9 Å². The molecule has 1 aromatic heterocycles. The van der Waals surface area contributed by atoms with Gasteiger partial charge in [0.15, 0.2) is 0 Å². The summed E-state index contributed by atoms with van der Waals surface area (Å²) >= 11 is 0. The number of carbonyl (C=O) groups is 1. The van der Waals surface area contributed by atoms with Gasteiger partial charge in [-0.2, -0.15) is 5.26 Å². The number of ether oxygens (including phenoxy) is 1. The van der Waals surface area contributed by atoms with Gasteiger partial charge in [0.05, 0.1) is 6.61 Å². The molecule has 0 saturated heterocycles. The third kappa shape index (κ3) is 5.01. The Morgan fingerprint density at radius 1 is 1.09 bits per heavy atom. The van der Waals surface area contributed by atoms with Crippen LogP contribution in [0.5, 0.6) is 0 Å². The molecule has 166 valence electrons. The van der Waals surface area contributed by atoms with Crippen LogP contribution in [0.1, 0.15) is 26.5 Å². The third-order valence-corrected chi connectivity index (χ3v) is 5.52. The van der Waals surface area contributed by atoms with Crippen molar-refractivity contribution >= 4 is 27.9 Å². The fourth-order valence-corrected chi connectivity index (χ4v) is 3.65. The molecule has 3 rings (SSSR count). The maximum absolute atomic E-state index is 12.3. The Morgan fingerprint density at radius 2 is 1.81 bits per heavy atom. The minimum atomic E-state index is -0.435. The molecular formula is C26H29N3O3. The molecule has 0 unspecified atom stereocenters. The quantitative estimate of drug-likeness (QED) is 0.293. The normalized spacial score (nSPS) is 11.7. The zero-order chi connectivity index (χ0) is 23.1. The summed E-state index contributed by atoms with van der Waals surface area (Å²) < 4.78 is 10.9. The molecule has 0 saturated carbocycles.